The lowest BCUT2D eigenvalue weighted by Gasteiger charge is -2.43. The SMILES string of the molecule is O=C(COc1ccc(Cl)cc1)N1CCC2(CC1)SCCN2C(=O)C=Cc1ccccc1. The van der Waals surface area contributed by atoms with E-state index in [9.17, 15) is 9.59 Å². The van der Waals surface area contributed by atoms with Gasteiger partial charge in [0.25, 0.3) is 5.91 Å². The molecular formula is C24H25ClN2O3S. The first-order valence-corrected chi connectivity index (χ1v) is 11.8. The van der Waals surface area contributed by atoms with Gasteiger partial charge < -0.3 is 14.5 Å². The van der Waals surface area contributed by atoms with Crippen molar-refractivity contribution in [3.05, 3.63) is 71.3 Å². The van der Waals surface area contributed by atoms with Crippen LogP contribution in [0.1, 0.15) is 18.4 Å². The summed E-state index contributed by atoms with van der Waals surface area (Å²) in [6, 6.07) is 16.8. The maximum absolute atomic E-state index is 12.9. The molecule has 5 nitrogen and oxygen atoms in total. The Morgan fingerprint density at radius 3 is 2.45 bits per heavy atom. The number of piperidine rings is 1. The number of nitrogens with zero attached hydrogens (tertiary/aromatic N) is 2. The molecule has 0 radical (unpaired) electrons. The van der Waals surface area contributed by atoms with Gasteiger partial charge in [-0.2, -0.15) is 0 Å². The van der Waals surface area contributed by atoms with Crippen molar-refractivity contribution in [3.63, 3.8) is 0 Å². The van der Waals surface area contributed by atoms with Crippen LogP contribution < -0.4 is 4.74 Å². The Morgan fingerprint density at radius 2 is 1.74 bits per heavy atom. The van der Waals surface area contributed by atoms with Crippen LogP contribution >= 0.6 is 23.4 Å². The maximum atomic E-state index is 12.9. The normalized spacial score (nSPS) is 18.0. The molecule has 0 aliphatic carbocycles. The summed E-state index contributed by atoms with van der Waals surface area (Å²) in [5, 5.41) is 0.631. The molecule has 2 saturated heterocycles. The number of halogens is 1. The molecule has 0 unspecified atom stereocenters. The molecule has 0 saturated carbocycles. The second kappa shape index (κ2) is 9.79. The smallest absolute Gasteiger partial charge is 0.260 e. The number of thioether (sulfide) groups is 1. The minimum atomic E-state index is -0.216. The van der Waals surface area contributed by atoms with E-state index in [0.717, 1.165) is 30.7 Å². The molecular weight excluding hydrogens is 432 g/mol. The van der Waals surface area contributed by atoms with Crippen molar-refractivity contribution in [2.45, 2.75) is 17.7 Å². The minimum absolute atomic E-state index is 0.00420. The van der Waals surface area contributed by atoms with Crippen molar-refractivity contribution < 1.29 is 14.3 Å². The van der Waals surface area contributed by atoms with E-state index >= 15 is 0 Å². The van der Waals surface area contributed by atoms with Crippen molar-refractivity contribution in [1.29, 1.82) is 0 Å². The van der Waals surface area contributed by atoms with Gasteiger partial charge in [-0.25, -0.2) is 0 Å². The molecule has 7 heteroatoms. The first kappa shape index (κ1) is 21.8. The number of carbonyl (C=O) groups excluding carboxylic acids is 2. The molecule has 4 rings (SSSR count). The van der Waals surface area contributed by atoms with Crippen LogP contribution in [0.15, 0.2) is 60.7 Å². The Kier molecular flexibility index (Phi) is 6.88. The quantitative estimate of drug-likeness (QED) is 0.628. The van der Waals surface area contributed by atoms with Crippen LogP contribution in [0.25, 0.3) is 6.08 Å². The number of carbonyl (C=O) groups is 2. The largest absolute Gasteiger partial charge is 0.484 e. The maximum Gasteiger partial charge on any atom is 0.260 e. The van der Waals surface area contributed by atoms with Crippen LogP contribution in [-0.4, -0.2) is 58.5 Å². The second-order valence-electron chi connectivity index (χ2n) is 7.65. The topological polar surface area (TPSA) is 49.9 Å². The number of likely N-dealkylation sites (tertiary alicyclic amines) is 1. The molecule has 0 atom stereocenters. The van der Waals surface area contributed by atoms with E-state index in [1.54, 1.807) is 30.3 Å². The van der Waals surface area contributed by atoms with Crippen LogP contribution in [0.5, 0.6) is 5.75 Å². The fourth-order valence-electron chi connectivity index (χ4n) is 4.03. The van der Waals surface area contributed by atoms with Crippen molar-refractivity contribution in [2.24, 2.45) is 0 Å². The zero-order chi connectivity index (χ0) is 21.7. The van der Waals surface area contributed by atoms with Crippen molar-refractivity contribution in [2.75, 3.05) is 32.0 Å². The van der Waals surface area contributed by atoms with Gasteiger partial charge in [-0.05, 0) is 48.7 Å². The zero-order valence-corrected chi connectivity index (χ0v) is 18.8. The molecule has 2 aliphatic rings. The average molecular weight is 457 g/mol. The number of amides is 2. The predicted octanol–water partition coefficient (Wildman–Crippen LogP) is 4.33. The van der Waals surface area contributed by atoms with E-state index in [1.807, 2.05) is 58.0 Å². The van der Waals surface area contributed by atoms with E-state index < -0.39 is 0 Å². The summed E-state index contributed by atoms with van der Waals surface area (Å²) in [6.07, 6.45) is 5.08. The summed E-state index contributed by atoms with van der Waals surface area (Å²) in [7, 11) is 0. The Balaban J connectivity index is 1.31. The third kappa shape index (κ3) is 5.25. The van der Waals surface area contributed by atoms with E-state index in [0.29, 0.717) is 23.9 Å². The molecule has 0 aromatic heterocycles. The van der Waals surface area contributed by atoms with Crippen LogP contribution in [0.4, 0.5) is 0 Å². The third-order valence-electron chi connectivity index (χ3n) is 5.73. The monoisotopic (exact) mass is 456 g/mol. The molecule has 2 aromatic carbocycles. The fourth-order valence-corrected chi connectivity index (χ4v) is 5.62. The van der Waals surface area contributed by atoms with Gasteiger partial charge in [0, 0.05) is 36.5 Å². The highest BCUT2D eigenvalue weighted by molar-refractivity contribution is 8.00. The molecule has 162 valence electrons. The van der Waals surface area contributed by atoms with E-state index in [4.69, 9.17) is 16.3 Å². The Hall–Kier alpha value is -2.44. The van der Waals surface area contributed by atoms with Crippen LogP contribution in [0.2, 0.25) is 5.02 Å². The first-order valence-electron chi connectivity index (χ1n) is 10.4. The number of hydrogen-bond acceptors (Lipinski definition) is 4. The average Bonchev–Trinajstić information content (AvgIpc) is 3.21. The van der Waals surface area contributed by atoms with Gasteiger partial charge in [0.05, 0.1) is 4.87 Å². The van der Waals surface area contributed by atoms with Crippen LogP contribution in [-0.2, 0) is 9.59 Å². The number of benzene rings is 2. The molecule has 0 N–H and O–H groups in total. The van der Waals surface area contributed by atoms with Gasteiger partial charge in [0.1, 0.15) is 5.75 Å². The molecule has 2 fully saturated rings. The molecule has 2 heterocycles. The van der Waals surface area contributed by atoms with E-state index in [1.165, 1.54) is 0 Å². The summed E-state index contributed by atoms with van der Waals surface area (Å²) in [5.41, 5.74) is 1.01. The van der Waals surface area contributed by atoms with E-state index in [-0.39, 0.29) is 23.3 Å². The number of ether oxygens (including phenoxy) is 1. The van der Waals surface area contributed by atoms with Gasteiger partial charge in [-0.1, -0.05) is 41.9 Å². The molecule has 31 heavy (non-hydrogen) atoms. The van der Waals surface area contributed by atoms with Crippen molar-refractivity contribution in [1.82, 2.24) is 9.80 Å². The summed E-state index contributed by atoms with van der Waals surface area (Å²) in [6.45, 7) is 2.00. The lowest BCUT2D eigenvalue weighted by Crippen LogP contribution is -2.53. The first-order chi connectivity index (χ1) is 15.1. The molecule has 1 spiro atoms. The molecule has 0 bridgehead atoms. The summed E-state index contributed by atoms with van der Waals surface area (Å²) in [4.78, 5) is 29.1. The van der Waals surface area contributed by atoms with Gasteiger partial charge in [-0.3, -0.25) is 9.59 Å². The summed E-state index contributed by atoms with van der Waals surface area (Å²) >= 11 is 7.71. The van der Waals surface area contributed by atoms with Crippen molar-refractivity contribution in [3.8, 4) is 5.75 Å². The Morgan fingerprint density at radius 1 is 1.03 bits per heavy atom. The third-order valence-corrected chi connectivity index (χ3v) is 7.54. The highest BCUT2D eigenvalue weighted by Gasteiger charge is 2.46. The molecule has 2 aliphatic heterocycles. The van der Waals surface area contributed by atoms with E-state index in [2.05, 4.69) is 0 Å². The lowest BCUT2D eigenvalue weighted by molar-refractivity contribution is -0.136. The summed E-state index contributed by atoms with van der Waals surface area (Å²) in [5.74, 6) is 1.56. The minimum Gasteiger partial charge on any atom is -0.484 e. The lowest BCUT2D eigenvalue weighted by atomic mass is 10.0. The fraction of sp³-hybridized carbons (Fsp3) is 0.333. The zero-order valence-electron chi connectivity index (χ0n) is 17.2. The highest BCUT2D eigenvalue weighted by atomic mass is 35.5. The number of hydrogen-bond donors (Lipinski definition) is 0. The molecule has 2 aromatic rings. The van der Waals surface area contributed by atoms with Gasteiger partial charge in [0.2, 0.25) is 5.91 Å². The van der Waals surface area contributed by atoms with Crippen LogP contribution in [0, 0.1) is 0 Å². The Bertz CT molecular complexity index is 941. The van der Waals surface area contributed by atoms with Gasteiger partial charge in [0.15, 0.2) is 6.61 Å². The van der Waals surface area contributed by atoms with Gasteiger partial charge in [-0.15, -0.1) is 11.8 Å². The molecule has 2 amide bonds. The standard InChI is InChI=1S/C24H25ClN2O3S/c25-20-7-9-21(10-8-20)30-18-23(29)26-14-12-24(13-15-26)27(16-17-31-24)22(28)11-6-19-4-2-1-3-5-19/h1-11H,12-18H2. The second-order valence-corrected chi connectivity index (χ2v) is 9.55. The number of rotatable bonds is 5. The van der Waals surface area contributed by atoms with Crippen LogP contribution in [0.3, 0.4) is 0 Å². The Labute approximate surface area is 192 Å². The predicted molar refractivity (Wildman–Crippen MR) is 125 cm³/mol. The summed E-state index contributed by atoms with van der Waals surface area (Å²) < 4.78 is 5.60. The van der Waals surface area contributed by atoms with Crippen molar-refractivity contribution >= 4 is 41.3 Å². The highest BCUT2D eigenvalue weighted by Crippen LogP contribution is 2.44. The van der Waals surface area contributed by atoms with Gasteiger partial charge >= 0.3 is 0 Å².